The van der Waals surface area contributed by atoms with E-state index in [0.29, 0.717) is 13.2 Å². The third-order valence-electron chi connectivity index (χ3n) is 2.47. The Morgan fingerprint density at radius 1 is 1.29 bits per heavy atom. The van der Waals surface area contributed by atoms with Crippen LogP contribution in [0.1, 0.15) is 18.6 Å². The van der Waals surface area contributed by atoms with Crippen LogP contribution in [0.2, 0.25) is 0 Å². The van der Waals surface area contributed by atoms with Crippen LogP contribution in [-0.4, -0.2) is 38.5 Å². The number of methoxy groups -OCH3 is 1. The predicted molar refractivity (Wildman–Crippen MR) is 67.3 cm³/mol. The molecule has 0 fully saturated rings. The van der Waals surface area contributed by atoms with E-state index >= 15 is 0 Å². The van der Waals surface area contributed by atoms with Crippen molar-refractivity contribution < 1.29 is 14.6 Å². The third kappa shape index (κ3) is 5.17. The molecule has 2 N–H and O–H groups in total. The maximum atomic E-state index is 9.90. The highest BCUT2D eigenvalue weighted by Gasteiger charge is 2.06. The Morgan fingerprint density at radius 2 is 2.00 bits per heavy atom. The Kier molecular flexibility index (Phi) is 6.62. The Balaban J connectivity index is 2.28. The van der Waals surface area contributed by atoms with Gasteiger partial charge in [-0.25, -0.2) is 0 Å². The Hall–Kier alpha value is -1.10. The van der Waals surface area contributed by atoms with E-state index in [2.05, 4.69) is 5.32 Å². The monoisotopic (exact) mass is 239 g/mol. The first-order valence-electron chi connectivity index (χ1n) is 5.88. The molecule has 1 unspecified atom stereocenters. The van der Waals surface area contributed by atoms with E-state index < -0.39 is 6.10 Å². The number of aliphatic hydroxyl groups is 1. The standard InChI is InChI=1S/C13H21NO3/c1-3-17-9-8-14-10-13(15)11-4-6-12(16-2)7-5-11/h4-7,13-15H,3,8-10H2,1-2H3. The summed E-state index contributed by atoms with van der Waals surface area (Å²) in [5.74, 6) is 0.797. The van der Waals surface area contributed by atoms with Gasteiger partial charge in [-0.05, 0) is 24.6 Å². The zero-order chi connectivity index (χ0) is 12.5. The highest BCUT2D eigenvalue weighted by Crippen LogP contribution is 2.16. The largest absolute Gasteiger partial charge is 0.497 e. The molecule has 0 saturated heterocycles. The van der Waals surface area contributed by atoms with Gasteiger partial charge in [0.05, 0.1) is 19.8 Å². The van der Waals surface area contributed by atoms with Crippen molar-refractivity contribution >= 4 is 0 Å². The van der Waals surface area contributed by atoms with Gasteiger partial charge >= 0.3 is 0 Å². The molecule has 4 heteroatoms. The predicted octanol–water partition coefficient (Wildman–Crippen LogP) is 1.35. The third-order valence-corrected chi connectivity index (χ3v) is 2.47. The van der Waals surface area contributed by atoms with E-state index in [0.717, 1.165) is 24.5 Å². The molecule has 0 spiro atoms. The van der Waals surface area contributed by atoms with Crippen LogP contribution in [0.15, 0.2) is 24.3 Å². The first-order valence-corrected chi connectivity index (χ1v) is 5.88. The summed E-state index contributed by atoms with van der Waals surface area (Å²) in [6, 6.07) is 7.43. The van der Waals surface area contributed by atoms with Crippen LogP contribution in [0, 0.1) is 0 Å². The summed E-state index contributed by atoms with van der Waals surface area (Å²) in [5.41, 5.74) is 0.884. The van der Waals surface area contributed by atoms with E-state index in [1.54, 1.807) is 7.11 Å². The maximum Gasteiger partial charge on any atom is 0.118 e. The molecule has 1 aromatic carbocycles. The van der Waals surface area contributed by atoms with E-state index in [4.69, 9.17) is 9.47 Å². The van der Waals surface area contributed by atoms with Gasteiger partial charge in [0, 0.05) is 19.7 Å². The fraction of sp³-hybridized carbons (Fsp3) is 0.538. The highest BCUT2D eigenvalue weighted by atomic mass is 16.5. The quantitative estimate of drug-likeness (QED) is 0.672. The molecular weight excluding hydrogens is 218 g/mol. The first kappa shape index (κ1) is 14.0. The van der Waals surface area contributed by atoms with Gasteiger partial charge in [0.25, 0.3) is 0 Å². The first-order chi connectivity index (χ1) is 8.27. The lowest BCUT2D eigenvalue weighted by Gasteiger charge is -2.12. The molecule has 0 aliphatic heterocycles. The number of ether oxygens (including phenoxy) is 2. The molecule has 0 saturated carbocycles. The maximum absolute atomic E-state index is 9.90. The average Bonchev–Trinajstić information content (AvgIpc) is 2.38. The fourth-order valence-electron chi connectivity index (χ4n) is 1.47. The highest BCUT2D eigenvalue weighted by molar-refractivity contribution is 5.28. The van der Waals surface area contributed by atoms with Crippen molar-refractivity contribution in [2.24, 2.45) is 0 Å². The van der Waals surface area contributed by atoms with Crippen LogP contribution >= 0.6 is 0 Å². The molecule has 0 aromatic heterocycles. The minimum absolute atomic E-state index is 0.498. The van der Waals surface area contributed by atoms with Gasteiger partial charge in [-0.3, -0.25) is 0 Å². The molecule has 0 amide bonds. The van der Waals surface area contributed by atoms with Crippen molar-refractivity contribution in [1.82, 2.24) is 5.32 Å². The zero-order valence-corrected chi connectivity index (χ0v) is 10.5. The number of rotatable bonds is 8. The second-order valence-corrected chi connectivity index (χ2v) is 3.69. The Bertz CT molecular complexity index is 300. The number of nitrogens with one attached hydrogen (secondary N) is 1. The number of hydrogen-bond acceptors (Lipinski definition) is 4. The van der Waals surface area contributed by atoms with Crippen LogP contribution in [0.25, 0.3) is 0 Å². The summed E-state index contributed by atoms with van der Waals surface area (Å²) in [6.45, 7) is 4.64. The molecule has 96 valence electrons. The van der Waals surface area contributed by atoms with Gasteiger partial charge < -0.3 is 19.9 Å². The van der Waals surface area contributed by atoms with E-state index in [1.807, 2.05) is 31.2 Å². The van der Waals surface area contributed by atoms with Crippen LogP contribution in [0.5, 0.6) is 5.75 Å². The molecule has 1 rings (SSSR count). The molecular formula is C13H21NO3. The lowest BCUT2D eigenvalue weighted by molar-refractivity contribution is 0.138. The second kappa shape index (κ2) is 8.06. The van der Waals surface area contributed by atoms with Crippen LogP contribution < -0.4 is 10.1 Å². The van der Waals surface area contributed by atoms with Gasteiger partial charge in [0.1, 0.15) is 5.75 Å². The summed E-state index contributed by atoms with van der Waals surface area (Å²) < 4.78 is 10.3. The van der Waals surface area contributed by atoms with Gasteiger partial charge in [0.2, 0.25) is 0 Å². The lowest BCUT2D eigenvalue weighted by atomic mass is 10.1. The molecule has 17 heavy (non-hydrogen) atoms. The fourth-order valence-corrected chi connectivity index (χ4v) is 1.47. The summed E-state index contributed by atoms with van der Waals surface area (Å²) >= 11 is 0. The number of benzene rings is 1. The Labute approximate surface area is 103 Å². The summed E-state index contributed by atoms with van der Waals surface area (Å²) in [6.07, 6.45) is -0.498. The zero-order valence-electron chi connectivity index (χ0n) is 10.5. The Morgan fingerprint density at radius 3 is 2.59 bits per heavy atom. The van der Waals surface area contributed by atoms with Gasteiger partial charge in [-0.1, -0.05) is 12.1 Å². The molecule has 0 bridgehead atoms. The lowest BCUT2D eigenvalue weighted by Crippen LogP contribution is -2.25. The summed E-state index contributed by atoms with van der Waals surface area (Å²) in [5, 5.41) is 13.0. The minimum atomic E-state index is -0.498. The van der Waals surface area contributed by atoms with Crippen molar-refractivity contribution in [3.63, 3.8) is 0 Å². The topological polar surface area (TPSA) is 50.7 Å². The number of aliphatic hydroxyl groups excluding tert-OH is 1. The normalized spacial score (nSPS) is 12.4. The van der Waals surface area contributed by atoms with Crippen molar-refractivity contribution in [2.75, 3.05) is 33.4 Å². The van der Waals surface area contributed by atoms with Crippen molar-refractivity contribution in [2.45, 2.75) is 13.0 Å². The molecule has 1 aromatic rings. The molecule has 0 aliphatic rings. The van der Waals surface area contributed by atoms with Crippen molar-refractivity contribution in [1.29, 1.82) is 0 Å². The number of hydrogen-bond donors (Lipinski definition) is 2. The van der Waals surface area contributed by atoms with Crippen LogP contribution in [-0.2, 0) is 4.74 Å². The molecule has 4 nitrogen and oxygen atoms in total. The molecule has 1 atom stereocenters. The van der Waals surface area contributed by atoms with Gasteiger partial charge in [0.15, 0.2) is 0 Å². The van der Waals surface area contributed by atoms with Crippen LogP contribution in [0.4, 0.5) is 0 Å². The van der Waals surface area contributed by atoms with E-state index in [-0.39, 0.29) is 0 Å². The van der Waals surface area contributed by atoms with Gasteiger partial charge in [-0.15, -0.1) is 0 Å². The molecule has 0 radical (unpaired) electrons. The summed E-state index contributed by atoms with van der Waals surface area (Å²) in [7, 11) is 1.63. The minimum Gasteiger partial charge on any atom is -0.497 e. The van der Waals surface area contributed by atoms with Crippen molar-refractivity contribution in [3.8, 4) is 5.75 Å². The molecule has 0 aliphatic carbocycles. The second-order valence-electron chi connectivity index (χ2n) is 3.69. The summed E-state index contributed by atoms with van der Waals surface area (Å²) in [4.78, 5) is 0. The SMILES string of the molecule is CCOCCNCC(O)c1ccc(OC)cc1. The van der Waals surface area contributed by atoms with Crippen molar-refractivity contribution in [3.05, 3.63) is 29.8 Å². The smallest absolute Gasteiger partial charge is 0.118 e. The molecule has 0 heterocycles. The average molecular weight is 239 g/mol. The van der Waals surface area contributed by atoms with E-state index in [9.17, 15) is 5.11 Å². The van der Waals surface area contributed by atoms with Gasteiger partial charge in [-0.2, -0.15) is 0 Å². The van der Waals surface area contributed by atoms with E-state index in [1.165, 1.54) is 0 Å². The van der Waals surface area contributed by atoms with Crippen LogP contribution in [0.3, 0.4) is 0 Å².